The van der Waals surface area contributed by atoms with E-state index in [2.05, 4.69) is 10.1 Å². The van der Waals surface area contributed by atoms with Crippen LogP contribution in [0.1, 0.15) is 13.8 Å². The Bertz CT molecular complexity index is 526. The van der Waals surface area contributed by atoms with Crippen LogP contribution in [0, 0.1) is 16.0 Å². The molecule has 1 atom stereocenters. The quantitative estimate of drug-likeness (QED) is 0.505. The number of non-ortho nitro benzene ring substituents is 1. The Hall–Kier alpha value is -2.64. The number of esters is 1. The number of nitro benzene ring substituents is 1. The summed E-state index contributed by atoms with van der Waals surface area (Å²) in [5.74, 6) is -0.627. The molecule has 21 heavy (non-hydrogen) atoms. The molecule has 0 aliphatic heterocycles. The van der Waals surface area contributed by atoms with Crippen molar-refractivity contribution < 1.29 is 24.0 Å². The van der Waals surface area contributed by atoms with Gasteiger partial charge in [-0.1, -0.05) is 13.8 Å². The van der Waals surface area contributed by atoms with Crippen LogP contribution < -0.4 is 10.1 Å². The standard InChI is InChI=1S/C13H16N2O6/c1-8(2)11(12(16)20-3)14-13(17)21-10-6-4-9(5-7-10)15(18)19/h4-8,11H,1-3H3,(H,14,17). The lowest BCUT2D eigenvalue weighted by Crippen LogP contribution is -2.46. The van der Waals surface area contributed by atoms with E-state index in [1.165, 1.54) is 31.4 Å². The molecule has 1 amide bonds. The number of hydrogen-bond acceptors (Lipinski definition) is 6. The fourth-order valence-corrected chi connectivity index (χ4v) is 1.52. The minimum atomic E-state index is -0.840. The summed E-state index contributed by atoms with van der Waals surface area (Å²) in [5.41, 5.74) is -0.114. The van der Waals surface area contributed by atoms with Crippen molar-refractivity contribution in [3.63, 3.8) is 0 Å². The van der Waals surface area contributed by atoms with E-state index in [-0.39, 0.29) is 17.4 Å². The van der Waals surface area contributed by atoms with Gasteiger partial charge in [0.2, 0.25) is 0 Å². The maximum Gasteiger partial charge on any atom is 0.413 e. The van der Waals surface area contributed by atoms with Crippen molar-refractivity contribution in [3.05, 3.63) is 34.4 Å². The van der Waals surface area contributed by atoms with Crippen LogP contribution in [-0.4, -0.2) is 30.1 Å². The minimum absolute atomic E-state index is 0.114. The molecule has 0 saturated heterocycles. The monoisotopic (exact) mass is 296 g/mol. The van der Waals surface area contributed by atoms with Crippen LogP contribution in [0.25, 0.3) is 0 Å². The molecule has 0 aliphatic carbocycles. The van der Waals surface area contributed by atoms with Crippen molar-refractivity contribution >= 4 is 17.7 Å². The molecule has 0 radical (unpaired) electrons. The topological polar surface area (TPSA) is 108 Å². The van der Waals surface area contributed by atoms with E-state index in [0.29, 0.717) is 0 Å². The van der Waals surface area contributed by atoms with Crippen LogP contribution in [0.4, 0.5) is 10.5 Å². The molecule has 1 aromatic carbocycles. The summed E-state index contributed by atoms with van der Waals surface area (Å²) in [6.07, 6.45) is -0.840. The average molecular weight is 296 g/mol. The van der Waals surface area contributed by atoms with Gasteiger partial charge in [0, 0.05) is 12.1 Å². The fourth-order valence-electron chi connectivity index (χ4n) is 1.52. The number of benzene rings is 1. The number of carbonyl (C=O) groups is 2. The van der Waals surface area contributed by atoms with Crippen LogP contribution in [0.5, 0.6) is 5.75 Å². The predicted octanol–water partition coefficient (Wildman–Crippen LogP) is 1.88. The van der Waals surface area contributed by atoms with Gasteiger partial charge in [0.1, 0.15) is 11.8 Å². The highest BCUT2D eigenvalue weighted by atomic mass is 16.6. The molecule has 0 aliphatic rings. The number of nitro groups is 1. The Morgan fingerprint density at radius 2 is 1.81 bits per heavy atom. The third-order valence-corrected chi connectivity index (χ3v) is 2.65. The van der Waals surface area contributed by atoms with E-state index < -0.39 is 23.0 Å². The summed E-state index contributed by atoms with van der Waals surface area (Å²) >= 11 is 0. The van der Waals surface area contributed by atoms with Gasteiger partial charge >= 0.3 is 12.1 Å². The molecule has 0 heterocycles. The van der Waals surface area contributed by atoms with Crippen molar-refractivity contribution in [2.75, 3.05) is 7.11 Å². The number of nitrogens with zero attached hydrogens (tertiary/aromatic N) is 1. The van der Waals surface area contributed by atoms with E-state index in [9.17, 15) is 19.7 Å². The van der Waals surface area contributed by atoms with Gasteiger partial charge in [-0.15, -0.1) is 0 Å². The molecule has 0 spiro atoms. The number of amides is 1. The first-order valence-corrected chi connectivity index (χ1v) is 6.15. The average Bonchev–Trinajstić information content (AvgIpc) is 2.44. The summed E-state index contributed by atoms with van der Waals surface area (Å²) in [7, 11) is 1.22. The second-order valence-corrected chi connectivity index (χ2v) is 4.53. The number of carbonyl (C=O) groups excluding carboxylic acids is 2. The molecular weight excluding hydrogens is 280 g/mol. The van der Waals surface area contributed by atoms with Crippen molar-refractivity contribution in [2.24, 2.45) is 5.92 Å². The van der Waals surface area contributed by atoms with Crippen LogP contribution in [0.15, 0.2) is 24.3 Å². The van der Waals surface area contributed by atoms with Crippen molar-refractivity contribution in [3.8, 4) is 5.75 Å². The van der Waals surface area contributed by atoms with E-state index in [0.717, 1.165) is 0 Å². The molecule has 8 nitrogen and oxygen atoms in total. The minimum Gasteiger partial charge on any atom is -0.467 e. The Morgan fingerprint density at radius 1 is 1.24 bits per heavy atom. The maximum atomic E-state index is 11.7. The Kier molecular flexibility index (Phi) is 5.65. The summed E-state index contributed by atoms with van der Waals surface area (Å²) in [5, 5.41) is 12.9. The van der Waals surface area contributed by atoms with Gasteiger partial charge in [0.05, 0.1) is 12.0 Å². The first-order chi connectivity index (χ1) is 9.85. The number of hydrogen-bond donors (Lipinski definition) is 1. The summed E-state index contributed by atoms with van der Waals surface area (Å²) < 4.78 is 9.53. The van der Waals surface area contributed by atoms with Gasteiger partial charge in [0.15, 0.2) is 0 Å². The maximum absolute atomic E-state index is 11.7. The van der Waals surface area contributed by atoms with Crippen LogP contribution in [-0.2, 0) is 9.53 Å². The number of rotatable bonds is 5. The van der Waals surface area contributed by atoms with Crippen LogP contribution in [0.2, 0.25) is 0 Å². The smallest absolute Gasteiger partial charge is 0.413 e. The summed E-state index contributed by atoms with van der Waals surface area (Å²) in [6.45, 7) is 3.49. The molecule has 0 fully saturated rings. The molecule has 0 aromatic heterocycles. The first-order valence-electron chi connectivity index (χ1n) is 6.15. The normalized spacial score (nSPS) is 11.6. The Labute approximate surface area is 121 Å². The highest BCUT2D eigenvalue weighted by Crippen LogP contribution is 2.17. The zero-order valence-electron chi connectivity index (χ0n) is 11.9. The lowest BCUT2D eigenvalue weighted by Gasteiger charge is -2.19. The summed E-state index contributed by atoms with van der Waals surface area (Å²) in [4.78, 5) is 33.1. The highest BCUT2D eigenvalue weighted by Gasteiger charge is 2.25. The van der Waals surface area contributed by atoms with Crippen molar-refractivity contribution in [1.82, 2.24) is 5.32 Å². The molecular formula is C13H16N2O6. The Morgan fingerprint density at radius 3 is 2.24 bits per heavy atom. The zero-order chi connectivity index (χ0) is 16.0. The van der Waals surface area contributed by atoms with E-state index in [1.807, 2.05) is 0 Å². The highest BCUT2D eigenvalue weighted by molar-refractivity contribution is 5.82. The molecule has 0 bridgehead atoms. The molecule has 8 heteroatoms. The third-order valence-electron chi connectivity index (χ3n) is 2.65. The lowest BCUT2D eigenvalue weighted by atomic mass is 10.1. The number of ether oxygens (including phenoxy) is 2. The second kappa shape index (κ2) is 7.22. The van der Waals surface area contributed by atoms with Crippen LogP contribution in [0.3, 0.4) is 0 Å². The van der Waals surface area contributed by atoms with Gasteiger partial charge in [0.25, 0.3) is 5.69 Å². The predicted molar refractivity (Wildman–Crippen MR) is 72.9 cm³/mol. The third kappa shape index (κ3) is 4.75. The SMILES string of the molecule is COC(=O)C(NC(=O)Oc1ccc([N+](=O)[O-])cc1)C(C)C. The van der Waals surface area contributed by atoms with E-state index in [1.54, 1.807) is 13.8 Å². The summed E-state index contributed by atoms with van der Waals surface area (Å²) in [6, 6.07) is 4.17. The molecule has 0 saturated carbocycles. The molecule has 1 unspecified atom stereocenters. The van der Waals surface area contributed by atoms with Crippen molar-refractivity contribution in [2.45, 2.75) is 19.9 Å². The van der Waals surface area contributed by atoms with Gasteiger partial charge in [-0.2, -0.15) is 0 Å². The first kappa shape index (κ1) is 16.4. The van der Waals surface area contributed by atoms with E-state index >= 15 is 0 Å². The fraction of sp³-hybridized carbons (Fsp3) is 0.385. The Balaban J connectivity index is 2.67. The molecule has 1 N–H and O–H groups in total. The largest absolute Gasteiger partial charge is 0.467 e. The second-order valence-electron chi connectivity index (χ2n) is 4.53. The molecule has 114 valence electrons. The van der Waals surface area contributed by atoms with Crippen LogP contribution >= 0.6 is 0 Å². The van der Waals surface area contributed by atoms with Crippen molar-refractivity contribution in [1.29, 1.82) is 0 Å². The van der Waals surface area contributed by atoms with Gasteiger partial charge in [-0.05, 0) is 18.1 Å². The molecule has 1 rings (SSSR count). The van der Waals surface area contributed by atoms with Gasteiger partial charge < -0.3 is 14.8 Å². The lowest BCUT2D eigenvalue weighted by molar-refractivity contribution is -0.384. The molecule has 1 aromatic rings. The van der Waals surface area contributed by atoms with E-state index in [4.69, 9.17) is 4.74 Å². The zero-order valence-corrected chi connectivity index (χ0v) is 11.9. The van der Waals surface area contributed by atoms with Gasteiger partial charge in [-0.25, -0.2) is 9.59 Å². The van der Waals surface area contributed by atoms with Gasteiger partial charge in [-0.3, -0.25) is 10.1 Å². The number of methoxy groups -OCH3 is 1. The number of nitrogens with one attached hydrogen (secondary N) is 1.